The lowest BCUT2D eigenvalue weighted by molar-refractivity contribution is 0.0280. The lowest BCUT2D eigenvalue weighted by atomic mass is 10.2. The Kier molecular flexibility index (Phi) is 3.36. The normalized spacial score (nSPS) is 25.8. The highest BCUT2D eigenvalue weighted by molar-refractivity contribution is 5.40. The molecule has 0 aromatic carbocycles. The van der Waals surface area contributed by atoms with Gasteiger partial charge in [-0.3, -0.25) is 0 Å². The first-order chi connectivity index (χ1) is 7.70. The fraction of sp³-hybridized carbons (Fsp3) is 0.636. The second-order valence-corrected chi connectivity index (χ2v) is 4.21. The molecule has 2 N–H and O–H groups in total. The first-order valence-electron chi connectivity index (χ1n) is 5.57. The summed E-state index contributed by atoms with van der Waals surface area (Å²) in [6.45, 7) is 6.15. The number of ether oxygens (including phenoxy) is 1. The summed E-state index contributed by atoms with van der Waals surface area (Å²) in [5.74, 6) is 0.960. The Labute approximate surface area is 95.6 Å². The van der Waals surface area contributed by atoms with Crippen LogP contribution in [0.3, 0.4) is 0 Å². The summed E-state index contributed by atoms with van der Waals surface area (Å²) < 4.78 is 5.61. The first kappa shape index (κ1) is 11.3. The molecule has 5 nitrogen and oxygen atoms in total. The Morgan fingerprint density at radius 2 is 2.38 bits per heavy atom. The lowest BCUT2D eigenvalue weighted by Crippen LogP contribution is -2.51. The van der Waals surface area contributed by atoms with Crippen LogP contribution < -0.4 is 10.6 Å². The summed E-state index contributed by atoms with van der Waals surface area (Å²) in [6.07, 6.45) is 1.70. The van der Waals surface area contributed by atoms with Crippen molar-refractivity contribution in [3.05, 3.63) is 18.1 Å². The molecule has 16 heavy (non-hydrogen) atoms. The molecule has 1 aliphatic heterocycles. The Hall–Kier alpha value is -1.20. The van der Waals surface area contributed by atoms with Gasteiger partial charge in [0.25, 0.3) is 0 Å². The monoisotopic (exact) mass is 222 g/mol. The number of anilines is 1. The van der Waals surface area contributed by atoms with Crippen LogP contribution in [-0.4, -0.2) is 41.8 Å². The largest absolute Gasteiger partial charge is 0.373 e. The van der Waals surface area contributed by atoms with Gasteiger partial charge in [-0.25, -0.2) is 9.97 Å². The summed E-state index contributed by atoms with van der Waals surface area (Å²) in [6, 6.07) is 2.33. The van der Waals surface area contributed by atoms with Crippen LogP contribution in [0.5, 0.6) is 0 Å². The van der Waals surface area contributed by atoms with Gasteiger partial charge in [0.15, 0.2) is 0 Å². The number of aromatic nitrogens is 2. The van der Waals surface area contributed by atoms with Gasteiger partial charge in [-0.05, 0) is 13.8 Å². The number of hydrogen-bond donors (Lipinski definition) is 1. The van der Waals surface area contributed by atoms with E-state index in [1.54, 1.807) is 6.33 Å². The lowest BCUT2D eigenvalue weighted by Gasteiger charge is -2.38. The van der Waals surface area contributed by atoms with Crippen LogP contribution in [0.15, 0.2) is 12.4 Å². The van der Waals surface area contributed by atoms with Gasteiger partial charge >= 0.3 is 0 Å². The molecule has 0 amide bonds. The minimum absolute atomic E-state index is 0.103. The van der Waals surface area contributed by atoms with Crippen molar-refractivity contribution in [2.24, 2.45) is 5.73 Å². The van der Waals surface area contributed by atoms with E-state index in [0.717, 1.165) is 18.1 Å². The van der Waals surface area contributed by atoms with Crippen molar-refractivity contribution >= 4 is 5.82 Å². The highest BCUT2D eigenvalue weighted by atomic mass is 16.5. The van der Waals surface area contributed by atoms with Crippen LogP contribution >= 0.6 is 0 Å². The van der Waals surface area contributed by atoms with E-state index in [4.69, 9.17) is 10.5 Å². The maximum absolute atomic E-state index is 5.63. The third-order valence-corrected chi connectivity index (χ3v) is 2.85. The summed E-state index contributed by atoms with van der Waals surface area (Å²) in [5.41, 5.74) is 6.61. The summed E-state index contributed by atoms with van der Waals surface area (Å²) in [7, 11) is 0. The van der Waals surface area contributed by atoms with Gasteiger partial charge in [0.1, 0.15) is 12.1 Å². The van der Waals surface area contributed by atoms with Crippen molar-refractivity contribution in [3.63, 3.8) is 0 Å². The number of aryl methyl sites for hydroxylation is 1. The molecule has 2 atom stereocenters. The van der Waals surface area contributed by atoms with Gasteiger partial charge in [-0.1, -0.05) is 0 Å². The molecule has 2 heterocycles. The average molecular weight is 222 g/mol. The minimum atomic E-state index is 0.103. The van der Waals surface area contributed by atoms with E-state index in [1.807, 2.05) is 13.0 Å². The first-order valence-corrected chi connectivity index (χ1v) is 5.57. The zero-order valence-electron chi connectivity index (χ0n) is 9.76. The number of rotatable bonds is 2. The van der Waals surface area contributed by atoms with Crippen LogP contribution in [-0.2, 0) is 4.74 Å². The van der Waals surface area contributed by atoms with E-state index in [2.05, 4.69) is 21.8 Å². The van der Waals surface area contributed by atoms with Crippen molar-refractivity contribution < 1.29 is 4.74 Å². The standard InChI is InChI=1S/C11H18N4O/c1-8-3-11(14-7-13-8)15-5-10(4-12)16-6-9(15)2/h3,7,9-10H,4-6,12H2,1-2H3. The minimum Gasteiger partial charge on any atom is -0.373 e. The van der Waals surface area contributed by atoms with Gasteiger partial charge in [-0.2, -0.15) is 0 Å². The van der Waals surface area contributed by atoms with Crippen LogP contribution in [0.1, 0.15) is 12.6 Å². The van der Waals surface area contributed by atoms with Gasteiger partial charge in [0, 0.05) is 24.8 Å². The Morgan fingerprint density at radius 1 is 1.56 bits per heavy atom. The van der Waals surface area contributed by atoms with Crippen molar-refractivity contribution in [1.29, 1.82) is 0 Å². The number of nitrogens with two attached hydrogens (primary N) is 1. The van der Waals surface area contributed by atoms with Gasteiger partial charge in [0.05, 0.1) is 18.8 Å². The second-order valence-electron chi connectivity index (χ2n) is 4.21. The summed E-state index contributed by atoms with van der Waals surface area (Å²) >= 11 is 0. The Balaban J connectivity index is 2.17. The van der Waals surface area contributed by atoms with E-state index in [0.29, 0.717) is 19.2 Å². The van der Waals surface area contributed by atoms with Crippen LogP contribution in [0, 0.1) is 6.92 Å². The number of nitrogens with zero attached hydrogens (tertiary/aromatic N) is 3. The summed E-state index contributed by atoms with van der Waals surface area (Å²) in [5, 5.41) is 0. The topological polar surface area (TPSA) is 64.3 Å². The molecule has 1 aromatic heterocycles. The smallest absolute Gasteiger partial charge is 0.132 e. The van der Waals surface area contributed by atoms with Crippen LogP contribution in [0.4, 0.5) is 5.82 Å². The molecule has 88 valence electrons. The van der Waals surface area contributed by atoms with Crippen molar-refractivity contribution in [3.8, 4) is 0 Å². The molecule has 0 bridgehead atoms. The molecule has 0 saturated carbocycles. The molecular weight excluding hydrogens is 204 g/mol. The van der Waals surface area contributed by atoms with Gasteiger partial charge in [0.2, 0.25) is 0 Å². The molecule has 2 rings (SSSR count). The zero-order valence-corrected chi connectivity index (χ0v) is 9.76. The van der Waals surface area contributed by atoms with Gasteiger partial charge < -0.3 is 15.4 Å². The van der Waals surface area contributed by atoms with Crippen LogP contribution in [0.25, 0.3) is 0 Å². The van der Waals surface area contributed by atoms with Crippen LogP contribution in [0.2, 0.25) is 0 Å². The Morgan fingerprint density at radius 3 is 3.06 bits per heavy atom. The molecule has 0 spiro atoms. The fourth-order valence-electron chi connectivity index (χ4n) is 1.88. The number of morpholine rings is 1. The third-order valence-electron chi connectivity index (χ3n) is 2.85. The molecular formula is C11H18N4O. The molecule has 1 aliphatic rings. The predicted octanol–water partition coefficient (Wildman–Crippen LogP) is 0.337. The highest BCUT2D eigenvalue weighted by Crippen LogP contribution is 2.19. The maximum atomic E-state index is 5.63. The average Bonchev–Trinajstić information content (AvgIpc) is 2.30. The third kappa shape index (κ3) is 2.31. The molecule has 2 unspecified atom stereocenters. The van der Waals surface area contributed by atoms with E-state index >= 15 is 0 Å². The summed E-state index contributed by atoms with van der Waals surface area (Å²) in [4.78, 5) is 10.6. The molecule has 1 fully saturated rings. The quantitative estimate of drug-likeness (QED) is 0.781. The molecule has 0 radical (unpaired) electrons. The van der Waals surface area contributed by atoms with Gasteiger partial charge in [-0.15, -0.1) is 0 Å². The second kappa shape index (κ2) is 4.76. The number of hydrogen-bond acceptors (Lipinski definition) is 5. The molecule has 5 heteroatoms. The molecule has 0 aliphatic carbocycles. The molecule has 1 aromatic rings. The Bertz CT molecular complexity index is 358. The van der Waals surface area contributed by atoms with E-state index < -0.39 is 0 Å². The van der Waals surface area contributed by atoms with Crippen molar-refractivity contribution in [2.75, 3.05) is 24.6 Å². The highest BCUT2D eigenvalue weighted by Gasteiger charge is 2.26. The van der Waals surface area contributed by atoms with E-state index in [1.165, 1.54) is 0 Å². The van der Waals surface area contributed by atoms with Crippen molar-refractivity contribution in [2.45, 2.75) is 26.0 Å². The zero-order chi connectivity index (χ0) is 11.5. The van der Waals surface area contributed by atoms with E-state index in [-0.39, 0.29) is 6.10 Å². The fourth-order valence-corrected chi connectivity index (χ4v) is 1.88. The van der Waals surface area contributed by atoms with Crippen molar-refractivity contribution in [1.82, 2.24) is 9.97 Å². The molecule has 1 saturated heterocycles. The maximum Gasteiger partial charge on any atom is 0.132 e. The predicted molar refractivity (Wildman–Crippen MR) is 62.4 cm³/mol. The SMILES string of the molecule is Cc1cc(N2CC(CN)OCC2C)ncn1. The van der Waals surface area contributed by atoms with E-state index in [9.17, 15) is 0 Å².